The quantitative estimate of drug-likeness (QED) is 0.939. The Bertz CT molecular complexity index is 685. The molecule has 0 aliphatic carbocycles. The first-order valence-corrected chi connectivity index (χ1v) is 6.98. The minimum absolute atomic E-state index is 0.377. The van der Waals surface area contributed by atoms with Gasteiger partial charge in [0.1, 0.15) is 6.04 Å². The first-order chi connectivity index (χ1) is 10.0. The van der Waals surface area contributed by atoms with Crippen LogP contribution >= 0.6 is 23.2 Å². The van der Waals surface area contributed by atoms with Crippen molar-refractivity contribution in [1.82, 2.24) is 15.1 Å². The number of carbonyl (C=O) groups is 1. The highest BCUT2D eigenvalue weighted by Crippen LogP contribution is 2.23. The number of amides is 1. The topological polar surface area (TPSA) is 70.7 Å². The van der Waals surface area contributed by atoms with Crippen LogP contribution in [0.1, 0.15) is 28.9 Å². The maximum Gasteiger partial charge on any atom is 0.255 e. The summed E-state index contributed by atoms with van der Waals surface area (Å²) < 4.78 is 1.63. The van der Waals surface area contributed by atoms with Gasteiger partial charge < -0.3 is 5.32 Å². The lowest BCUT2D eigenvalue weighted by Gasteiger charge is -2.12. The van der Waals surface area contributed by atoms with Crippen LogP contribution in [-0.4, -0.2) is 15.7 Å². The van der Waals surface area contributed by atoms with Crippen molar-refractivity contribution in [3.63, 3.8) is 0 Å². The molecule has 1 aromatic carbocycles. The number of nitriles is 1. The molecule has 2 rings (SSSR count). The summed E-state index contributed by atoms with van der Waals surface area (Å²) in [6, 6.07) is 5.94. The highest BCUT2D eigenvalue weighted by Gasteiger charge is 2.17. The number of nitrogens with zero attached hydrogens (tertiary/aromatic N) is 3. The van der Waals surface area contributed by atoms with E-state index >= 15 is 0 Å². The van der Waals surface area contributed by atoms with Gasteiger partial charge in [0.2, 0.25) is 0 Å². The monoisotopic (exact) mass is 322 g/mol. The molecule has 0 saturated heterocycles. The van der Waals surface area contributed by atoms with E-state index < -0.39 is 6.04 Å². The maximum atomic E-state index is 12.1. The average molecular weight is 323 g/mol. The fraction of sp³-hybridized carbons (Fsp3) is 0.214. The number of benzene rings is 1. The van der Waals surface area contributed by atoms with Crippen molar-refractivity contribution in [3.8, 4) is 6.07 Å². The molecular formula is C14H12Cl2N4O. The summed E-state index contributed by atoms with van der Waals surface area (Å²) >= 11 is 11.8. The molecule has 1 heterocycles. The highest BCUT2D eigenvalue weighted by molar-refractivity contribution is 6.34. The van der Waals surface area contributed by atoms with Gasteiger partial charge in [0, 0.05) is 22.8 Å². The summed E-state index contributed by atoms with van der Waals surface area (Å²) in [4.78, 5) is 12.1. The number of nitrogens with one attached hydrogen (secondary N) is 1. The summed E-state index contributed by atoms with van der Waals surface area (Å²) in [6.07, 6.45) is 3.08. The SMILES string of the molecule is CCn1cc(C(=O)NC(C#N)c2cc(Cl)cc(Cl)c2)cn1. The van der Waals surface area contributed by atoms with Crippen LogP contribution in [0.3, 0.4) is 0 Å². The summed E-state index contributed by atoms with van der Waals surface area (Å²) in [5.74, 6) is -0.377. The van der Waals surface area contributed by atoms with Gasteiger partial charge in [-0.05, 0) is 30.7 Å². The second kappa shape index (κ2) is 6.61. The maximum absolute atomic E-state index is 12.1. The Morgan fingerprint density at radius 3 is 2.62 bits per heavy atom. The Kier molecular flexibility index (Phi) is 4.84. The number of aryl methyl sites for hydroxylation is 1. The molecule has 1 aromatic heterocycles. The van der Waals surface area contributed by atoms with Crippen LogP contribution in [0, 0.1) is 11.3 Å². The lowest BCUT2D eigenvalue weighted by molar-refractivity contribution is 0.0945. The molecular weight excluding hydrogens is 311 g/mol. The Labute approximate surface area is 132 Å². The summed E-state index contributed by atoms with van der Waals surface area (Å²) in [5, 5.41) is 16.7. The van der Waals surface area contributed by atoms with Crippen LogP contribution in [-0.2, 0) is 6.54 Å². The van der Waals surface area contributed by atoms with E-state index in [1.165, 1.54) is 6.20 Å². The molecule has 0 fully saturated rings. The van der Waals surface area contributed by atoms with Crippen molar-refractivity contribution in [3.05, 3.63) is 51.8 Å². The molecule has 108 valence electrons. The average Bonchev–Trinajstić information content (AvgIpc) is 2.92. The van der Waals surface area contributed by atoms with E-state index in [-0.39, 0.29) is 5.91 Å². The van der Waals surface area contributed by atoms with E-state index in [9.17, 15) is 10.1 Å². The second-order valence-corrected chi connectivity index (χ2v) is 5.20. The second-order valence-electron chi connectivity index (χ2n) is 4.32. The van der Waals surface area contributed by atoms with Gasteiger partial charge in [-0.1, -0.05) is 23.2 Å². The van der Waals surface area contributed by atoms with Crippen molar-refractivity contribution in [1.29, 1.82) is 5.26 Å². The number of carbonyl (C=O) groups excluding carboxylic acids is 1. The molecule has 0 aliphatic rings. The molecule has 2 aromatic rings. The number of hydrogen-bond donors (Lipinski definition) is 1. The van der Waals surface area contributed by atoms with E-state index in [4.69, 9.17) is 23.2 Å². The molecule has 0 aliphatic heterocycles. The molecule has 7 heteroatoms. The van der Waals surface area contributed by atoms with Crippen molar-refractivity contribution in [2.75, 3.05) is 0 Å². The lowest BCUT2D eigenvalue weighted by atomic mass is 10.1. The fourth-order valence-electron chi connectivity index (χ4n) is 1.80. The van der Waals surface area contributed by atoms with E-state index in [1.807, 2.05) is 13.0 Å². The first kappa shape index (κ1) is 15.4. The molecule has 1 unspecified atom stereocenters. The minimum atomic E-state index is -0.835. The molecule has 0 saturated carbocycles. The molecule has 0 bridgehead atoms. The van der Waals surface area contributed by atoms with Crippen LogP contribution in [0.4, 0.5) is 0 Å². The molecule has 1 atom stereocenters. The summed E-state index contributed by atoms with van der Waals surface area (Å²) in [7, 11) is 0. The van der Waals surface area contributed by atoms with Crippen molar-refractivity contribution < 1.29 is 4.79 Å². The zero-order valence-electron chi connectivity index (χ0n) is 11.2. The molecule has 1 amide bonds. The molecule has 21 heavy (non-hydrogen) atoms. The Hall–Kier alpha value is -2.03. The molecule has 5 nitrogen and oxygen atoms in total. The third-order valence-electron chi connectivity index (χ3n) is 2.84. The van der Waals surface area contributed by atoms with E-state index in [0.717, 1.165) is 0 Å². The largest absolute Gasteiger partial charge is 0.332 e. The lowest BCUT2D eigenvalue weighted by Crippen LogP contribution is -2.27. The van der Waals surface area contributed by atoms with E-state index in [0.29, 0.717) is 27.7 Å². The van der Waals surface area contributed by atoms with Crippen molar-refractivity contribution in [2.24, 2.45) is 0 Å². The third kappa shape index (κ3) is 3.75. The van der Waals surface area contributed by atoms with Crippen LogP contribution in [0.5, 0.6) is 0 Å². The number of aromatic nitrogens is 2. The van der Waals surface area contributed by atoms with Crippen molar-refractivity contribution >= 4 is 29.1 Å². The molecule has 1 N–H and O–H groups in total. The van der Waals surface area contributed by atoms with Crippen LogP contribution in [0.15, 0.2) is 30.6 Å². The zero-order chi connectivity index (χ0) is 15.4. The Balaban J connectivity index is 2.19. The van der Waals surface area contributed by atoms with Crippen molar-refractivity contribution in [2.45, 2.75) is 19.5 Å². The number of rotatable bonds is 4. The van der Waals surface area contributed by atoms with Gasteiger partial charge in [0.05, 0.1) is 17.8 Å². The van der Waals surface area contributed by atoms with E-state index in [1.54, 1.807) is 29.1 Å². The normalized spacial score (nSPS) is 11.7. The first-order valence-electron chi connectivity index (χ1n) is 6.22. The highest BCUT2D eigenvalue weighted by atomic mass is 35.5. The number of halogens is 2. The smallest absolute Gasteiger partial charge is 0.255 e. The van der Waals surface area contributed by atoms with Gasteiger partial charge in [-0.3, -0.25) is 9.48 Å². The van der Waals surface area contributed by atoms with Gasteiger partial charge in [-0.2, -0.15) is 10.4 Å². The van der Waals surface area contributed by atoms with Crippen LogP contribution in [0.2, 0.25) is 10.0 Å². The Morgan fingerprint density at radius 1 is 1.43 bits per heavy atom. The van der Waals surface area contributed by atoms with Crippen LogP contribution < -0.4 is 5.32 Å². The van der Waals surface area contributed by atoms with Gasteiger partial charge in [0.25, 0.3) is 5.91 Å². The predicted octanol–water partition coefficient (Wildman–Crippen LogP) is 3.20. The van der Waals surface area contributed by atoms with Gasteiger partial charge >= 0.3 is 0 Å². The van der Waals surface area contributed by atoms with Gasteiger partial charge in [-0.25, -0.2) is 0 Å². The Morgan fingerprint density at radius 2 is 2.10 bits per heavy atom. The van der Waals surface area contributed by atoms with Gasteiger partial charge in [-0.15, -0.1) is 0 Å². The summed E-state index contributed by atoms with van der Waals surface area (Å²) in [5.41, 5.74) is 0.927. The van der Waals surface area contributed by atoms with Gasteiger partial charge in [0.15, 0.2) is 0 Å². The third-order valence-corrected chi connectivity index (χ3v) is 3.28. The standard InChI is InChI=1S/C14H12Cl2N4O/c1-2-20-8-10(7-18-20)14(21)19-13(6-17)9-3-11(15)5-12(16)4-9/h3-5,7-8,13H,2H2,1H3,(H,19,21). The molecule has 0 radical (unpaired) electrons. The fourth-order valence-corrected chi connectivity index (χ4v) is 2.34. The predicted molar refractivity (Wildman–Crippen MR) is 80.2 cm³/mol. The molecule has 0 spiro atoms. The number of hydrogen-bond acceptors (Lipinski definition) is 3. The van der Waals surface area contributed by atoms with Crippen LogP contribution in [0.25, 0.3) is 0 Å². The van der Waals surface area contributed by atoms with E-state index in [2.05, 4.69) is 10.4 Å². The zero-order valence-corrected chi connectivity index (χ0v) is 12.7. The minimum Gasteiger partial charge on any atom is -0.332 e. The summed E-state index contributed by atoms with van der Waals surface area (Å²) in [6.45, 7) is 2.58.